The van der Waals surface area contributed by atoms with E-state index in [9.17, 15) is 4.79 Å². The molecule has 6 heteroatoms. The number of hydrogen-bond acceptors (Lipinski definition) is 5. The minimum atomic E-state index is -0.109. The van der Waals surface area contributed by atoms with Gasteiger partial charge in [-0.1, -0.05) is 37.0 Å². The first-order valence-electron chi connectivity index (χ1n) is 6.09. The van der Waals surface area contributed by atoms with Gasteiger partial charge in [-0.3, -0.25) is 4.79 Å². The van der Waals surface area contributed by atoms with Crippen molar-refractivity contribution in [2.24, 2.45) is 5.92 Å². The van der Waals surface area contributed by atoms with E-state index >= 15 is 0 Å². The van der Waals surface area contributed by atoms with Crippen LogP contribution in [0.4, 0.5) is 5.13 Å². The Morgan fingerprint density at radius 3 is 2.82 bits per heavy atom. The number of amides is 1. The maximum atomic E-state index is 11.7. The molecule has 1 aromatic heterocycles. The predicted molar refractivity (Wildman–Crippen MR) is 68.4 cm³/mol. The third-order valence-electron chi connectivity index (χ3n) is 3.15. The quantitative estimate of drug-likeness (QED) is 0.842. The Labute approximate surface area is 105 Å². The van der Waals surface area contributed by atoms with Gasteiger partial charge in [0.15, 0.2) is 0 Å². The molecule has 0 radical (unpaired) electrons. The molecule has 0 unspecified atom stereocenters. The van der Waals surface area contributed by atoms with E-state index < -0.39 is 0 Å². The van der Waals surface area contributed by atoms with E-state index in [2.05, 4.69) is 20.8 Å². The molecule has 5 nitrogen and oxygen atoms in total. The van der Waals surface area contributed by atoms with Crippen LogP contribution >= 0.6 is 11.3 Å². The Bertz CT molecular complexity index is 373. The van der Waals surface area contributed by atoms with Gasteiger partial charge in [-0.15, -0.1) is 10.2 Å². The highest BCUT2D eigenvalue weighted by atomic mass is 32.1. The SMILES string of the molecule is CNc1nnc(C(=O)NCCC2CCCC2)s1. The van der Waals surface area contributed by atoms with E-state index in [-0.39, 0.29) is 5.91 Å². The van der Waals surface area contributed by atoms with Gasteiger partial charge in [0.25, 0.3) is 5.91 Å². The molecule has 1 amide bonds. The van der Waals surface area contributed by atoms with Crippen molar-refractivity contribution in [1.82, 2.24) is 15.5 Å². The van der Waals surface area contributed by atoms with Crippen LogP contribution in [0.25, 0.3) is 0 Å². The molecule has 0 aromatic carbocycles. The van der Waals surface area contributed by atoms with Gasteiger partial charge in [0, 0.05) is 13.6 Å². The number of hydrogen-bond donors (Lipinski definition) is 2. The highest BCUT2D eigenvalue weighted by molar-refractivity contribution is 7.17. The summed E-state index contributed by atoms with van der Waals surface area (Å²) in [4.78, 5) is 11.7. The fourth-order valence-corrected chi connectivity index (χ4v) is 2.79. The van der Waals surface area contributed by atoms with Crippen molar-refractivity contribution in [2.75, 3.05) is 18.9 Å². The van der Waals surface area contributed by atoms with Crippen LogP contribution in [-0.2, 0) is 0 Å². The zero-order valence-electron chi connectivity index (χ0n) is 10.0. The van der Waals surface area contributed by atoms with Gasteiger partial charge in [-0.25, -0.2) is 0 Å². The van der Waals surface area contributed by atoms with Crippen LogP contribution in [0.2, 0.25) is 0 Å². The molecule has 1 fully saturated rings. The molecule has 0 saturated heterocycles. The Balaban J connectivity index is 1.72. The summed E-state index contributed by atoms with van der Waals surface area (Å²) in [5.41, 5.74) is 0. The van der Waals surface area contributed by atoms with Gasteiger partial charge in [0.2, 0.25) is 10.1 Å². The maximum absolute atomic E-state index is 11.7. The number of anilines is 1. The fourth-order valence-electron chi connectivity index (χ4n) is 2.18. The second kappa shape index (κ2) is 5.95. The lowest BCUT2D eigenvalue weighted by molar-refractivity contribution is 0.0950. The molecule has 1 aliphatic rings. The van der Waals surface area contributed by atoms with Gasteiger partial charge in [0.1, 0.15) is 0 Å². The summed E-state index contributed by atoms with van der Waals surface area (Å²) < 4.78 is 0. The first-order valence-corrected chi connectivity index (χ1v) is 6.90. The zero-order chi connectivity index (χ0) is 12.1. The van der Waals surface area contributed by atoms with E-state index in [1.807, 2.05) is 0 Å². The zero-order valence-corrected chi connectivity index (χ0v) is 10.8. The summed E-state index contributed by atoms with van der Waals surface area (Å²) in [7, 11) is 1.77. The van der Waals surface area contributed by atoms with E-state index in [4.69, 9.17) is 0 Å². The third-order valence-corrected chi connectivity index (χ3v) is 4.09. The molecule has 1 heterocycles. The van der Waals surface area contributed by atoms with Crippen LogP contribution in [0, 0.1) is 5.92 Å². The Hall–Kier alpha value is -1.17. The van der Waals surface area contributed by atoms with E-state index in [0.29, 0.717) is 10.1 Å². The number of nitrogens with zero attached hydrogens (tertiary/aromatic N) is 2. The molecule has 94 valence electrons. The number of carbonyl (C=O) groups excluding carboxylic acids is 1. The number of nitrogens with one attached hydrogen (secondary N) is 2. The number of rotatable bonds is 5. The summed E-state index contributed by atoms with van der Waals surface area (Å²) in [5.74, 6) is 0.694. The van der Waals surface area contributed by atoms with Crippen molar-refractivity contribution in [1.29, 1.82) is 0 Å². The van der Waals surface area contributed by atoms with Crippen molar-refractivity contribution in [3.05, 3.63) is 5.01 Å². The van der Waals surface area contributed by atoms with Crippen LogP contribution in [0.15, 0.2) is 0 Å². The third kappa shape index (κ3) is 3.39. The second-order valence-electron chi connectivity index (χ2n) is 4.36. The largest absolute Gasteiger partial charge is 0.363 e. The molecule has 0 spiro atoms. The lowest BCUT2D eigenvalue weighted by Crippen LogP contribution is -2.25. The first-order chi connectivity index (χ1) is 8.29. The Kier molecular flexibility index (Phi) is 4.30. The van der Waals surface area contributed by atoms with E-state index in [1.54, 1.807) is 7.05 Å². The van der Waals surface area contributed by atoms with E-state index in [1.165, 1.54) is 37.0 Å². The smallest absolute Gasteiger partial charge is 0.282 e. The van der Waals surface area contributed by atoms with Gasteiger partial charge in [0.05, 0.1) is 0 Å². The molecule has 2 N–H and O–H groups in total. The van der Waals surface area contributed by atoms with Crippen molar-refractivity contribution >= 4 is 22.4 Å². The molecule has 0 atom stereocenters. The number of carbonyl (C=O) groups is 1. The topological polar surface area (TPSA) is 66.9 Å². The van der Waals surface area contributed by atoms with Gasteiger partial charge >= 0.3 is 0 Å². The van der Waals surface area contributed by atoms with Crippen molar-refractivity contribution in [2.45, 2.75) is 32.1 Å². The molecular weight excluding hydrogens is 236 g/mol. The molecule has 0 bridgehead atoms. The van der Waals surface area contributed by atoms with Gasteiger partial charge in [-0.2, -0.15) is 0 Å². The maximum Gasteiger partial charge on any atom is 0.282 e. The predicted octanol–water partition coefficient (Wildman–Crippen LogP) is 1.89. The average molecular weight is 254 g/mol. The monoisotopic (exact) mass is 254 g/mol. The van der Waals surface area contributed by atoms with Gasteiger partial charge < -0.3 is 10.6 Å². The summed E-state index contributed by atoms with van der Waals surface area (Å²) in [6.07, 6.45) is 6.42. The first kappa shape index (κ1) is 12.3. The molecule has 0 aliphatic heterocycles. The second-order valence-corrected chi connectivity index (χ2v) is 5.33. The average Bonchev–Trinajstić information content (AvgIpc) is 2.99. The van der Waals surface area contributed by atoms with Crippen molar-refractivity contribution < 1.29 is 4.79 Å². The Morgan fingerprint density at radius 1 is 1.41 bits per heavy atom. The lowest BCUT2D eigenvalue weighted by Gasteiger charge is -2.08. The minimum Gasteiger partial charge on any atom is -0.363 e. The van der Waals surface area contributed by atoms with Crippen LogP contribution in [0.3, 0.4) is 0 Å². The molecule has 2 rings (SSSR count). The fraction of sp³-hybridized carbons (Fsp3) is 0.727. The summed E-state index contributed by atoms with van der Waals surface area (Å²) in [6.45, 7) is 0.748. The molecule has 17 heavy (non-hydrogen) atoms. The molecule has 1 aliphatic carbocycles. The Morgan fingerprint density at radius 2 is 2.18 bits per heavy atom. The normalized spacial score (nSPS) is 16.1. The molecule has 1 aromatic rings. The van der Waals surface area contributed by atoms with Crippen molar-refractivity contribution in [3.8, 4) is 0 Å². The van der Waals surface area contributed by atoms with E-state index in [0.717, 1.165) is 18.9 Å². The highest BCUT2D eigenvalue weighted by Crippen LogP contribution is 2.26. The van der Waals surface area contributed by atoms with Gasteiger partial charge in [-0.05, 0) is 12.3 Å². The standard InChI is InChI=1S/C11H18N4OS/c1-12-11-15-14-10(17-11)9(16)13-7-6-8-4-2-3-5-8/h8H,2-7H2,1H3,(H,12,15)(H,13,16). The summed E-state index contributed by atoms with van der Waals surface area (Å²) in [5, 5.41) is 14.5. The summed E-state index contributed by atoms with van der Waals surface area (Å²) in [6, 6.07) is 0. The molecular formula is C11H18N4OS. The minimum absolute atomic E-state index is 0.109. The van der Waals surface area contributed by atoms with Crippen LogP contribution in [0.5, 0.6) is 0 Å². The number of aromatic nitrogens is 2. The van der Waals surface area contributed by atoms with Crippen LogP contribution in [0.1, 0.15) is 41.9 Å². The van der Waals surface area contributed by atoms with Crippen LogP contribution in [-0.4, -0.2) is 29.7 Å². The lowest BCUT2D eigenvalue weighted by atomic mass is 10.0. The summed E-state index contributed by atoms with van der Waals surface area (Å²) >= 11 is 1.28. The van der Waals surface area contributed by atoms with Crippen LogP contribution < -0.4 is 10.6 Å². The molecule has 1 saturated carbocycles. The van der Waals surface area contributed by atoms with Crippen molar-refractivity contribution in [3.63, 3.8) is 0 Å². The highest BCUT2D eigenvalue weighted by Gasteiger charge is 2.16.